The SMILES string of the molecule is CC(O)CC1CCCCCN1C(=O)C(C)C(C)C. The molecule has 0 aromatic rings. The van der Waals surface area contributed by atoms with Crippen LogP contribution in [0.4, 0.5) is 0 Å². The van der Waals surface area contributed by atoms with Gasteiger partial charge in [0.2, 0.25) is 5.91 Å². The van der Waals surface area contributed by atoms with Gasteiger partial charge in [0, 0.05) is 18.5 Å². The van der Waals surface area contributed by atoms with Crippen LogP contribution in [-0.2, 0) is 4.79 Å². The van der Waals surface area contributed by atoms with Crippen molar-refractivity contribution in [3.63, 3.8) is 0 Å². The molecule has 3 nitrogen and oxygen atoms in total. The van der Waals surface area contributed by atoms with Gasteiger partial charge in [0.15, 0.2) is 0 Å². The predicted molar refractivity (Wildman–Crippen MR) is 74.3 cm³/mol. The maximum absolute atomic E-state index is 12.5. The Kier molecular flexibility index (Phi) is 6.13. The Hall–Kier alpha value is -0.570. The van der Waals surface area contributed by atoms with E-state index < -0.39 is 0 Å². The van der Waals surface area contributed by atoms with Crippen LogP contribution in [0, 0.1) is 11.8 Å². The smallest absolute Gasteiger partial charge is 0.225 e. The van der Waals surface area contributed by atoms with Crippen LogP contribution in [0.2, 0.25) is 0 Å². The molecule has 18 heavy (non-hydrogen) atoms. The van der Waals surface area contributed by atoms with Crippen molar-refractivity contribution in [2.45, 2.75) is 71.9 Å². The Labute approximate surface area is 112 Å². The van der Waals surface area contributed by atoms with Gasteiger partial charge in [-0.15, -0.1) is 0 Å². The molecule has 0 radical (unpaired) electrons. The van der Waals surface area contributed by atoms with E-state index in [4.69, 9.17) is 0 Å². The number of aliphatic hydroxyl groups excluding tert-OH is 1. The zero-order valence-electron chi connectivity index (χ0n) is 12.4. The number of nitrogens with zero attached hydrogens (tertiary/aromatic N) is 1. The molecule has 3 unspecified atom stereocenters. The van der Waals surface area contributed by atoms with Gasteiger partial charge in [0.05, 0.1) is 6.10 Å². The van der Waals surface area contributed by atoms with E-state index in [9.17, 15) is 9.90 Å². The third-order valence-corrected chi connectivity index (χ3v) is 4.16. The van der Waals surface area contributed by atoms with Crippen LogP contribution >= 0.6 is 0 Å². The van der Waals surface area contributed by atoms with Gasteiger partial charge in [-0.3, -0.25) is 4.79 Å². The molecule has 1 rings (SSSR count). The summed E-state index contributed by atoms with van der Waals surface area (Å²) in [6.45, 7) is 8.91. The normalized spacial score (nSPS) is 24.8. The van der Waals surface area contributed by atoms with Gasteiger partial charge < -0.3 is 10.0 Å². The molecule has 1 N–H and O–H groups in total. The second-order valence-corrected chi connectivity index (χ2v) is 6.15. The first-order valence-corrected chi connectivity index (χ1v) is 7.42. The first-order valence-electron chi connectivity index (χ1n) is 7.42. The lowest BCUT2D eigenvalue weighted by Crippen LogP contribution is -2.45. The molecule has 0 aliphatic carbocycles. The monoisotopic (exact) mass is 255 g/mol. The predicted octanol–water partition coefficient (Wildman–Crippen LogP) is 2.82. The highest BCUT2D eigenvalue weighted by Gasteiger charge is 2.30. The second kappa shape index (κ2) is 7.13. The zero-order valence-corrected chi connectivity index (χ0v) is 12.4. The van der Waals surface area contributed by atoms with Gasteiger partial charge in [-0.2, -0.15) is 0 Å². The van der Waals surface area contributed by atoms with E-state index in [1.54, 1.807) is 0 Å². The Balaban J connectivity index is 2.75. The van der Waals surface area contributed by atoms with Crippen molar-refractivity contribution >= 4 is 5.91 Å². The fraction of sp³-hybridized carbons (Fsp3) is 0.933. The summed E-state index contributed by atoms with van der Waals surface area (Å²) in [5.74, 6) is 0.741. The lowest BCUT2D eigenvalue weighted by Gasteiger charge is -2.34. The zero-order chi connectivity index (χ0) is 13.7. The third kappa shape index (κ3) is 4.27. The minimum Gasteiger partial charge on any atom is -0.393 e. The molecule has 1 aliphatic rings. The standard InChI is InChI=1S/C15H29NO2/c1-11(2)13(4)15(18)16-9-7-5-6-8-14(16)10-12(3)17/h11-14,17H,5-10H2,1-4H3. The number of rotatable bonds is 4. The highest BCUT2D eigenvalue weighted by atomic mass is 16.3. The average Bonchev–Trinajstić information content (AvgIpc) is 2.51. The van der Waals surface area contributed by atoms with Crippen LogP contribution < -0.4 is 0 Å². The lowest BCUT2D eigenvalue weighted by atomic mass is 9.94. The maximum Gasteiger partial charge on any atom is 0.225 e. The van der Waals surface area contributed by atoms with Crippen molar-refractivity contribution in [3.8, 4) is 0 Å². The van der Waals surface area contributed by atoms with Crippen molar-refractivity contribution in [2.24, 2.45) is 11.8 Å². The number of likely N-dealkylation sites (tertiary alicyclic amines) is 1. The van der Waals surface area contributed by atoms with Crippen LogP contribution in [0.25, 0.3) is 0 Å². The first-order chi connectivity index (χ1) is 8.43. The van der Waals surface area contributed by atoms with Crippen LogP contribution in [0.3, 0.4) is 0 Å². The molecule has 0 aromatic heterocycles. The van der Waals surface area contributed by atoms with Crippen molar-refractivity contribution < 1.29 is 9.90 Å². The number of aliphatic hydroxyl groups is 1. The summed E-state index contributed by atoms with van der Waals surface area (Å²) in [6, 6.07) is 0.237. The van der Waals surface area contributed by atoms with Crippen LogP contribution in [0.5, 0.6) is 0 Å². The van der Waals surface area contributed by atoms with Gasteiger partial charge in [0.1, 0.15) is 0 Å². The Morgan fingerprint density at radius 1 is 1.22 bits per heavy atom. The largest absolute Gasteiger partial charge is 0.393 e. The van der Waals surface area contributed by atoms with E-state index in [2.05, 4.69) is 13.8 Å². The van der Waals surface area contributed by atoms with Gasteiger partial charge in [-0.25, -0.2) is 0 Å². The highest BCUT2D eigenvalue weighted by Crippen LogP contribution is 2.24. The fourth-order valence-corrected chi connectivity index (χ4v) is 2.65. The molecule has 3 heteroatoms. The van der Waals surface area contributed by atoms with E-state index in [0.717, 1.165) is 25.8 Å². The molecule has 0 spiro atoms. The van der Waals surface area contributed by atoms with Crippen molar-refractivity contribution in [3.05, 3.63) is 0 Å². The van der Waals surface area contributed by atoms with Crippen molar-refractivity contribution in [2.75, 3.05) is 6.54 Å². The summed E-state index contributed by atoms with van der Waals surface area (Å²) in [6.07, 6.45) is 4.93. The first kappa shape index (κ1) is 15.5. The highest BCUT2D eigenvalue weighted by molar-refractivity contribution is 5.79. The molecule has 0 aromatic carbocycles. The van der Waals surface area contributed by atoms with Crippen LogP contribution in [0.15, 0.2) is 0 Å². The summed E-state index contributed by atoms with van der Waals surface area (Å²) < 4.78 is 0. The molecular formula is C15H29NO2. The number of hydrogen-bond donors (Lipinski definition) is 1. The summed E-state index contributed by atoms with van der Waals surface area (Å²) >= 11 is 0. The average molecular weight is 255 g/mol. The van der Waals surface area contributed by atoms with Crippen LogP contribution in [-0.4, -0.2) is 34.6 Å². The fourth-order valence-electron chi connectivity index (χ4n) is 2.65. The number of carbonyl (C=O) groups excluding carboxylic acids is 1. The lowest BCUT2D eigenvalue weighted by molar-refractivity contribution is -0.139. The summed E-state index contributed by atoms with van der Waals surface area (Å²) in [5.41, 5.74) is 0. The maximum atomic E-state index is 12.5. The molecule has 0 saturated carbocycles. The molecule has 1 fully saturated rings. The van der Waals surface area contributed by atoms with Gasteiger partial charge in [0.25, 0.3) is 0 Å². The van der Waals surface area contributed by atoms with E-state index >= 15 is 0 Å². The van der Waals surface area contributed by atoms with Gasteiger partial charge in [-0.05, 0) is 32.1 Å². The van der Waals surface area contributed by atoms with E-state index in [-0.39, 0.29) is 24.0 Å². The molecular weight excluding hydrogens is 226 g/mol. The minimum atomic E-state index is -0.322. The Morgan fingerprint density at radius 2 is 1.89 bits per heavy atom. The van der Waals surface area contributed by atoms with E-state index in [1.165, 1.54) is 12.8 Å². The van der Waals surface area contributed by atoms with E-state index in [1.807, 2.05) is 18.7 Å². The van der Waals surface area contributed by atoms with Crippen molar-refractivity contribution in [1.29, 1.82) is 0 Å². The molecule has 1 heterocycles. The Bertz CT molecular complexity index is 263. The molecule has 1 amide bonds. The molecule has 1 aliphatic heterocycles. The number of carbonyl (C=O) groups is 1. The summed E-state index contributed by atoms with van der Waals surface area (Å²) in [7, 11) is 0. The molecule has 106 valence electrons. The molecule has 0 bridgehead atoms. The topological polar surface area (TPSA) is 40.5 Å². The molecule has 3 atom stereocenters. The van der Waals surface area contributed by atoms with Gasteiger partial charge >= 0.3 is 0 Å². The number of amides is 1. The number of hydrogen-bond acceptors (Lipinski definition) is 2. The summed E-state index contributed by atoms with van der Waals surface area (Å²) in [5, 5.41) is 9.61. The quantitative estimate of drug-likeness (QED) is 0.839. The van der Waals surface area contributed by atoms with Crippen molar-refractivity contribution in [1.82, 2.24) is 4.90 Å². The van der Waals surface area contributed by atoms with E-state index in [0.29, 0.717) is 5.92 Å². The third-order valence-electron chi connectivity index (χ3n) is 4.16. The Morgan fingerprint density at radius 3 is 2.44 bits per heavy atom. The second-order valence-electron chi connectivity index (χ2n) is 6.15. The van der Waals surface area contributed by atoms with Gasteiger partial charge in [-0.1, -0.05) is 33.6 Å². The molecule has 1 saturated heterocycles. The van der Waals surface area contributed by atoms with Crippen LogP contribution in [0.1, 0.15) is 59.8 Å². The minimum absolute atomic E-state index is 0.0830. The summed E-state index contributed by atoms with van der Waals surface area (Å²) in [4.78, 5) is 14.6.